The summed E-state index contributed by atoms with van der Waals surface area (Å²) in [5.41, 5.74) is 2.96. The highest BCUT2D eigenvalue weighted by Gasteiger charge is 2.41. The highest BCUT2D eigenvalue weighted by molar-refractivity contribution is 7.12. The topological polar surface area (TPSA) is 24.8 Å². The van der Waals surface area contributed by atoms with Gasteiger partial charge in [-0.3, -0.25) is 0 Å². The van der Waals surface area contributed by atoms with Gasteiger partial charge >= 0.3 is 0 Å². The molecule has 2 atom stereocenters. The van der Waals surface area contributed by atoms with Gasteiger partial charge in [-0.15, -0.1) is 11.3 Å². The predicted octanol–water partition coefficient (Wildman–Crippen LogP) is 5.13. The van der Waals surface area contributed by atoms with Crippen molar-refractivity contribution in [3.63, 3.8) is 0 Å². The minimum absolute atomic E-state index is 0.107. The number of ether oxygens (including phenoxy) is 1. The van der Waals surface area contributed by atoms with Crippen LogP contribution in [0.1, 0.15) is 34.7 Å². The Morgan fingerprint density at radius 3 is 2.84 bits per heavy atom. The minimum atomic E-state index is -0.423. The number of benzene rings is 2. The van der Waals surface area contributed by atoms with Gasteiger partial charge in [-0.2, -0.15) is 5.10 Å². The normalized spacial score (nSPS) is 21.3. The lowest BCUT2D eigenvalue weighted by molar-refractivity contribution is -0.0192. The Balaban J connectivity index is 1.62. The maximum Gasteiger partial charge on any atom is 0.213 e. The fraction of sp³-hybridized carbons (Fsp3) is 0.150. The number of nitrogens with zero attached hydrogens (tertiary/aromatic N) is 2. The molecule has 2 unspecified atom stereocenters. The molecule has 0 fully saturated rings. The highest BCUT2D eigenvalue weighted by Crippen LogP contribution is 2.47. The van der Waals surface area contributed by atoms with Crippen LogP contribution in [0.2, 0.25) is 0 Å². The fourth-order valence-electron chi connectivity index (χ4n) is 3.51. The molecule has 25 heavy (non-hydrogen) atoms. The number of hydrazone groups is 1. The second-order valence-corrected chi connectivity index (χ2v) is 7.13. The first-order valence-corrected chi connectivity index (χ1v) is 9.08. The third kappa shape index (κ3) is 2.43. The van der Waals surface area contributed by atoms with E-state index in [2.05, 4.69) is 17.5 Å². The average molecular weight is 350 g/mol. The average Bonchev–Trinajstić information content (AvgIpc) is 3.30. The largest absolute Gasteiger partial charge is 0.464 e. The van der Waals surface area contributed by atoms with E-state index in [-0.39, 0.29) is 11.9 Å². The number of fused-ring (bicyclic) bond motifs is 3. The van der Waals surface area contributed by atoms with Crippen LogP contribution in [0.25, 0.3) is 0 Å². The lowest BCUT2D eigenvalue weighted by Gasteiger charge is -2.38. The number of para-hydroxylation sites is 1. The first kappa shape index (κ1) is 14.7. The molecule has 1 aromatic heterocycles. The summed E-state index contributed by atoms with van der Waals surface area (Å²) in [6.45, 7) is 0. The first-order valence-electron chi connectivity index (χ1n) is 8.20. The molecule has 0 saturated heterocycles. The maximum atomic E-state index is 13.8. The molecule has 5 heteroatoms. The lowest BCUT2D eigenvalue weighted by atomic mass is 9.98. The summed E-state index contributed by atoms with van der Waals surface area (Å²) in [6.07, 6.45) is 0.403. The van der Waals surface area contributed by atoms with Crippen molar-refractivity contribution in [2.45, 2.75) is 18.7 Å². The molecule has 3 heterocycles. The van der Waals surface area contributed by atoms with E-state index in [0.29, 0.717) is 0 Å². The van der Waals surface area contributed by atoms with Crippen LogP contribution < -0.4 is 4.74 Å². The summed E-state index contributed by atoms with van der Waals surface area (Å²) in [5.74, 6) is 0.582. The number of thiophene rings is 1. The standard InChI is InChI=1S/C20H15FN2OS/c21-14-6-3-5-13(11-14)20-23-17(15-7-1-2-8-18(15)24-20)12-16(22-23)19-9-4-10-25-19/h1-11,17,20H,12H2. The van der Waals surface area contributed by atoms with E-state index in [1.165, 1.54) is 17.0 Å². The van der Waals surface area contributed by atoms with Crippen LogP contribution in [0.5, 0.6) is 5.75 Å². The summed E-state index contributed by atoms with van der Waals surface area (Å²) in [7, 11) is 0. The van der Waals surface area contributed by atoms with E-state index < -0.39 is 6.23 Å². The van der Waals surface area contributed by atoms with Crippen molar-refractivity contribution in [2.75, 3.05) is 0 Å². The smallest absolute Gasteiger partial charge is 0.213 e. The molecule has 2 aromatic carbocycles. The van der Waals surface area contributed by atoms with E-state index in [1.807, 2.05) is 35.3 Å². The molecular formula is C20H15FN2OS. The lowest BCUT2D eigenvalue weighted by Crippen LogP contribution is -2.33. The fourth-order valence-corrected chi connectivity index (χ4v) is 4.23. The van der Waals surface area contributed by atoms with Crippen molar-refractivity contribution in [1.82, 2.24) is 5.01 Å². The molecule has 0 spiro atoms. The van der Waals surface area contributed by atoms with E-state index in [1.54, 1.807) is 17.4 Å². The van der Waals surface area contributed by atoms with Crippen LogP contribution in [0.3, 0.4) is 0 Å². The molecule has 3 aromatic rings. The highest BCUT2D eigenvalue weighted by atomic mass is 32.1. The van der Waals surface area contributed by atoms with Gasteiger partial charge in [0.25, 0.3) is 0 Å². The molecule has 0 radical (unpaired) electrons. The summed E-state index contributed by atoms with van der Waals surface area (Å²) < 4.78 is 20.0. The van der Waals surface area contributed by atoms with Gasteiger partial charge in [-0.25, -0.2) is 9.40 Å². The Morgan fingerprint density at radius 2 is 2.00 bits per heavy atom. The number of hydrogen-bond acceptors (Lipinski definition) is 4. The van der Waals surface area contributed by atoms with E-state index >= 15 is 0 Å². The second kappa shape index (κ2) is 5.70. The summed E-state index contributed by atoms with van der Waals surface area (Å²) in [5, 5.41) is 8.89. The van der Waals surface area contributed by atoms with Crippen molar-refractivity contribution in [3.05, 3.63) is 87.9 Å². The van der Waals surface area contributed by atoms with Crippen molar-refractivity contribution >= 4 is 17.0 Å². The van der Waals surface area contributed by atoms with Crippen LogP contribution in [-0.4, -0.2) is 10.7 Å². The third-order valence-electron chi connectivity index (χ3n) is 4.64. The summed E-state index contributed by atoms with van der Waals surface area (Å²) in [4.78, 5) is 1.17. The molecule has 0 N–H and O–H groups in total. The Labute approximate surface area is 149 Å². The number of halogens is 1. The van der Waals surface area contributed by atoms with Gasteiger partial charge in [0.05, 0.1) is 16.6 Å². The second-order valence-electron chi connectivity index (χ2n) is 6.19. The zero-order valence-electron chi connectivity index (χ0n) is 13.3. The quantitative estimate of drug-likeness (QED) is 0.640. The zero-order chi connectivity index (χ0) is 16.8. The molecule has 0 bridgehead atoms. The molecule has 124 valence electrons. The van der Waals surface area contributed by atoms with Gasteiger partial charge in [-0.1, -0.05) is 36.4 Å². The first-order chi connectivity index (χ1) is 12.3. The molecule has 0 saturated carbocycles. The van der Waals surface area contributed by atoms with Gasteiger partial charge in [0, 0.05) is 17.5 Å². The van der Waals surface area contributed by atoms with Crippen LogP contribution in [-0.2, 0) is 0 Å². The zero-order valence-corrected chi connectivity index (χ0v) is 14.1. The SMILES string of the molecule is Fc1cccc(C2Oc3ccccc3C3CC(c4cccs4)=NN32)c1. The Hall–Kier alpha value is -2.66. The monoisotopic (exact) mass is 350 g/mol. The summed E-state index contributed by atoms with van der Waals surface area (Å²) in [6, 6.07) is 18.8. The van der Waals surface area contributed by atoms with Gasteiger partial charge in [0.1, 0.15) is 11.6 Å². The van der Waals surface area contributed by atoms with Crippen molar-refractivity contribution < 1.29 is 9.13 Å². The van der Waals surface area contributed by atoms with Crippen molar-refractivity contribution in [1.29, 1.82) is 0 Å². The van der Waals surface area contributed by atoms with E-state index in [9.17, 15) is 4.39 Å². The van der Waals surface area contributed by atoms with Crippen molar-refractivity contribution in [3.8, 4) is 5.75 Å². The predicted molar refractivity (Wildman–Crippen MR) is 96.3 cm³/mol. The molecule has 0 amide bonds. The Morgan fingerprint density at radius 1 is 1.08 bits per heavy atom. The van der Waals surface area contributed by atoms with Crippen LogP contribution in [0.4, 0.5) is 4.39 Å². The van der Waals surface area contributed by atoms with Gasteiger partial charge in [0.15, 0.2) is 0 Å². The number of hydrogen-bond donors (Lipinski definition) is 0. The molecule has 2 aliphatic heterocycles. The Kier molecular flexibility index (Phi) is 3.35. The Bertz CT molecular complexity index is 954. The molecular weight excluding hydrogens is 335 g/mol. The van der Waals surface area contributed by atoms with Gasteiger partial charge < -0.3 is 4.74 Å². The van der Waals surface area contributed by atoms with Crippen LogP contribution in [0.15, 0.2) is 71.1 Å². The minimum Gasteiger partial charge on any atom is -0.464 e. The molecule has 5 rings (SSSR count). The molecule has 2 aliphatic rings. The van der Waals surface area contributed by atoms with Gasteiger partial charge in [-0.05, 0) is 29.6 Å². The summed E-state index contributed by atoms with van der Waals surface area (Å²) >= 11 is 1.69. The van der Waals surface area contributed by atoms with Crippen LogP contribution >= 0.6 is 11.3 Å². The third-order valence-corrected chi connectivity index (χ3v) is 5.56. The molecule has 3 nitrogen and oxygen atoms in total. The van der Waals surface area contributed by atoms with Gasteiger partial charge in [0.2, 0.25) is 6.23 Å². The molecule has 0 aliphatic carbocycles. The van der Waals surface area contributed by atoms with Crippen molar-refractivity contribution in [2.24, 2.45) is 5.10 Å². The number of rotatable bonds is 2. The van der Waals surface area contributed by atoms with E-state index in [0.717, 1.165) is 29.0 Å². The van der Waals surface area contributed by atoms with Crippen LogP contribution in [0, 0.1) is 5.82 Å². The van der Waals surface area contributed by atoms with E-state index in [4.69, 9.17) is 9.84 Å². The maximum absolute atomic E-state index is 13.8.